The van der Waals surface area contributed by atoms with Crippen molar-refractivity contribution in [1.82, 2.24) is 4.57 Å². The van der Waals surface area contributed by atoms with Crippen molar-refractivity contribution in [2.45, 2.75) is 38.9 Å². The first kappa shape index (κ1) is 12.6. The highest BCUT2D eigenvalue weighted by Crippen LogP contribution is 2.28. The first-order valence-electron chi connectivity index (χ1n) is 5.28. The fourth-order valence-corrected chi connectivity index (χ4v) is 3.12. The molecular formula is C11H19BN2S. The summed E-state index contributed by atoms with van der Waals surface area (Å²) in [5, 5.41) is -0.146. The van der Waals surface area contributed by atoms with E-state index in [1.165, 1.54) is 10.6 Å². The zero-order valence-corrected chi connectivity index (χ0v) is 11.1. The second-order valence-corrected chi connectivity index (χ2v) is 5.62. The lowest BCUT2D eigenvalue weighted by Gasteiger charge is -2.18. The van der Waals surface area contributed by atoms with Crippen molar-refractivity contribution >= 4 is 19.2 Å². The first-order chi connectivity index (χ1) is 6.89. The van der Waals surface area contributed by atoms with Crippen molar-refractivity contribution < 1.29 is 0 Å². The second kappa shape index (κ2) is 4.56. The Morgan fingerprint density at radius 1 is 1.47 bits per heavy atom. The highest BCUT2D eigenvalue weighted by atomic mass is 32.1. The molecule has 2 radical (unpaired) electrons. The second-order valence-electron chi connectivity index (χ2n) is 4.56. The zero-order chi connectivity index (χ0) is 11.6. The molecule has 0 N–H and O–H groups in total. The monoisotopic (exact) mass is 222 g/mol. The number of nitrogens with zero attached hydrogens (tertiary/aromatic N) is 2. The predicted molar refractivity (Wildman–Crippen MR) is 67.7 cm³/mol. The van der Waals surface area contributed by atoms with Gasteiger partial charge in [0.15, 0.2) is 4.80 Å². The summed E-state index contributed by atoms with van der Waals surface area (Å²) in [6.45, 7) is 6.30. The van der Waals surface area contributed by atoms with Crippen LogP contribution in [-0.2, 0) is 19.9 Å². The molecule has 0 aliphatic heterocycles. The van der Waals surface area contributed by atoms with E-state index in [1.54, 1.807) is 11.3 Å². The molecule has 2 nitrogen and oxygen atoms in total. The lowest BCUT2D eigenvalue weighted by atomic mass is 9.69. The minimum atomic E-state index is -0.146. The number of aromatic nitrogens is 1. The van der Waals surface area contributed by atoms with E-state index in [9.17, 15) is 0 Å². The van der Waals surface area contributed by atoms with Gasteiger partial charge in [0.25, 0.3) is 0 Å². The van der Waals surface area contributed by atoms with Crippen LogP contribution in [0.4, 0.5) is 0 Å². The molecule has 0 spiro atoms. The standard InChI is InChI=1S/C11H19BN2S/c1-6-8-9(7-11(2,3)12)15-10(13-4)14(8)5/h6-7H2,1-5H3. The van der Waals surface area contributed by atoms with Crippen molar-refractivity contribution in [2.75, 3.05) is 7.05 Å². The van der Waals surface area contributed by atoms with E-state index in [0.29, 0.717) is 0 Å². The van der Waals surface area contributed by atoms with Gasteiger partial charge in [0.05, 0.1) is 7.85 Å². The molecule has 1 aromatic rings. The molecule has 0 saturated carbocycles. The van der Waals surface area contributed by atoms with Gasteiger partial charge < -0.3 is 4.57 Å². The number of thiazole rings is 1. The molecule has 0 aliphatic rings. The van der Waals surface area contributed by atoms with Crippen molar-refractivity contribution in [2.24, 2.45) is 12.0 Å². The van der Waals surface area contributed by atoms with Crippen LogP contribution >= 0.6 is 11.3 Å². The number of hydrogen-bond donors (Lipinski definition) is 0. The molecule has 4 heteroatoms. The molecule has 0 aromatic carbocycles. The van der Waals surface area contributed by atoms with E-state index in [-0.39, 0.29) is 5.31 Å². The molecule has 82 valence electrons. The summed E-state index contributed by atoms with van der Waals surface area (Å²) in [6, 6.07) is 0. The Labute approximate surface area is 97.5 Å². The summed E-state index contributed by atoms with van der Waals surface area (Å²) >= 11 is 1.75. The molecule has 0 fully saturated rings. The van der Waals surface area contributed by atoms with Crippen molar-refractivity contribution in [1.29, 1.82) is 0 Å². The molecule has 0 unspecified atom stereocenters. The molecule has 0 amide bonds. The molecule has 0 atom stereocenters. The SMILES string of the molecule is [B]C(C)(C)Cc1sc(=NC)n(C)c1CC. The lowest BCUT2D eigenvalue weighted by molar-refractivity contribution is 0.669. The summed E-state index contributed by atoms with van der Waals surface area (Å²) in [7, 11) is 9.97. The van der Waals surface area contributed by atoms with Gasteiger partial charge in [-0.3, -0.25) is 4.99 Å². The van der Waals surface area contributed by atoms with Gasteiger partial charge in [-0.15, -0.1) is 11.3 Å². The Bertz CT molecular complexity index is 396. The Hall–Kier alpha value is -0.505. The Morgan fingerprint density at radius 2 is 2.07 bits per heavy atom. The quantitative estimate of drug-likeness (QED) is 0.697. The van der Waals surface area contributed by atoms with Crippen LogP contribution in [0.2, 0.25) is 5.31 Å². The minimum Gasteiger partial charge on any atom is -0.324 e. The van der Waals surface area contributed by atoms with Gasteiger partial charge in [0, 0.05) is 24.7 Å². The molecule has 0 saturated heterocycles. The van der Waals surface area contributed by atoms with Crippen LogP contribution in [0.1, 0.15) is 31.3 Å². The predicted octanol–water partition coefficient (Wildman–Crippen LogP) is 2.09. The average molecular weight is 222 g/mol. The smallest absolute Gasteiger partial charge is 0.184 e. The van der Waals surface area contributed by atoms with Crippen LogP contribution < -0.4 is 4.80 Å². The van der Waals surface area contributed by atoms with E-state index in [1.807, 2.05) is 7.05 Å². The molecule has 15 heavy (non-hydrogen) atoms. The van der Waals surface area contributed by atoms with Crippen molar-refractivity contribution in [3.05, 3.63) is 15.4 Å². The molecule has 1 heterocycles. The Morgan fingerprint density at radius 3 is 2.47 bits per heavy atom. The number of rotatable bonds is 3. The van der Waals surface area contributed by atoms with Crippen LogP contribution in [0.3, 0.4) is 0 Å². The van der Waals surface area contributed by atoms with Crippen LogP contribution in [0.15, 0.2) is 4.99 Å². The van der Waals surface area contributed by atoms with Gasteiger partial charge in [0.1, 0.15) is 0 Å². The van der Waals surface area contributed by atoms with Gasteiger partial charge in [-0.25, -0.2) is 0 Å². The highest BCUT2D eigenvalue weighted by Gasteiger charge is 2.16. The molecule has 0 bridgehead atoms. The highest BCUT2D eigenvalue weighted by molar-refractivity contribution is 7.09. The summed E-state index contributed by atoms with van der Waals surface area (Å²) in [5.41, 5.74) is 1.36. The van der Waals surface area contributed by atoms with Gasteiger partial charge in [-0.2, -0.15) is 0 Å². The Kier molecular flexibility index (Phi) is 3.82. The third-order valence-electron chi connectivity index (χ3n) is 2.37. The first-order valence-corrected chi connectivity index (χ1v) is 6.10. The topological polar surface area (TPSA) is 17.3 Å². The van der Waals surface area contributed by atoms with Gasteiger partial charge >= 0.3 is 0 Å². The summed E-state index contributed by atoms with van der Waals surface area (Å²) in [5.74, 6) is 0. The van der Waals surface area contributed by atoms with Crippen molar-refractivity contribution in [3.63, 3.8) is 0 Å². The van der Waals surface area contributed by atoms with Crippen molar-refractivity contribution in [3.8, 4) is 0 Å². The molecule has 0 aliphatic carbocycles. The maximum Gasteiger partial charge on any atom is 0.184 e. The fourth-order valence-electron chi connectivity index (χ4n) is 1.72. The van der Waals surface area contributed by atoms with E-state index < -0.39 is 0 Å². The molecule has 1 aromatic heterocycles. The van der Waals surface area contributed by atoms with E-state index in [4.69, 9.17) is 7.85 Å². The summed E-state index contributed by atoms with van der Waals surface area (Å²) in [4.78, 5) is 6.71. The largest absolute Gasteiger partial charge is 0.324 e. The van der Waals surface area contributed by atoms with Gasteiger partial charge in [0.2, 0.25) is 0 Å². The van der Waals surface area contributed by atoms with E-state index in [0.717, 1.165) is 17.6 Å². The lowest BCUT2D eigenvalue weighted by Crippen LogP contribution is -2.13. The van der Waals surface area contributed by atoms with Crippen LogP contribution in [0.25, 0.3) is 0 Å². The maximum atomic E-state index is 6.06. The minimum absolute atomic E-state index is 0.146. The maximum absolute atomic E-state index is 6.06. The van der Waals surface area contributed by atoms with Gasteiger partial charge in [-0.05, 0) is 12.8 Å². The molecule has 1 rings (SSSR count). The molecular weight excluding hydrogens is 203 g/mol. The third-order valence-corrected chi connectivity index (χ3v) is 3.64. The van der Waals surface area contributed by atoms with Gasteiger partial charge in [-0.1, -0.05) is 26.1 Å². The Balaban J connectivity index is 3.19. The average Bonchev–Trinajstić information content (AvgIpc) is 2.39. The van der Waals surface area contributed by atoms with E-state index >= 15 is 0 Å². The number of hydrogen-bond acceptors (Lipinski definition) is 2. The van der Waals surface area contributed by atoms with E-state index in [2.05, 4.69) is 37.4 Å². The zero-order valence-electron chi connectivity index (χ0n) is 10.3. The normalized spacial score (nSPS) is 13.5. The van der Waals surface area contributed by atoms with Crippen LogP contribution in [0.5, 0.6) is 0 Å². The van der Waals surface area contributed by atoms with Crippen LogP contribution in [-0.4, -0.2) is 19.5 Å². The van der Waals surface area contributed by atoms with Crippen LogP contribution in [0, 0.1) is 0 Å². The summed E-state index contributed by atoms with van der Waals surface area (Å²) < 4.78 is 2.17. The third kappa shape index (κ3) is 2.97. The fraction of sp³-hybridized carbons (Fsp3) is 0.727. The summed E-state index contributed by atoms with van der Waals surface area (Å²) in [6.07, 6.45) is 1.96.